The lowest BCUT2D eigenvalue weighted by molar-refractivity contribution is 0.0944. The second kappa shape index (κ2) is 8.71. The monoisotopic (exact) mass is 420 g/mol. The fourth-order valence-electron chi connectivity index (χ4n) is 2.88. The molecule has 0 aliphatic rings. The maximum atomic E-state index is 13.2. The molecule has 0 atom stereocenters. The van der Waals surface area contributed by atoms with Gasteiger partial charge in [0.15, 0.2) is 4.77 Å². The van der Waals surface area contributed by atoms with Crippen LogP contribution >= 0.6 is 12.2 Å². The number of carbonyl (C=O) groups is 1. The average Bonchev–Trinajstić information content (AvgIpc) is 3.15. The van der Waals surface area contributed by atoms with Crippen LogP contribution in [0.2, 0.25) is 0 Å². The number of hydrogen-bond acceptors (Lipinski definition) is 4. The Labute approximate surface area is 177 Å². The van der Waals surface area contributed by atoms with Crippen LogP contribution in [-0.4, -0.2) is 20.4 Å². The highest BCUT2D eigenvalue weighted by Gasteiger charge is 2.14. The third-order valence-corrected chi connectivity index (χ3v) is 4.61. The summed E-state index contributed by atoms with van der Waals surface area (Å²) >= 11 is 5.27. The maximum Gasteiger partial charge on any atom is 0.270 e. The topological polar surface area (TPSA) is 71.9 Å². The zero-order chi connectivity index (χ0) is 20.9. The Morgan fingerprint density at radius 3 is 2.67 bits per heavy atom. The molecule has 4 rings (SSSR count). The Hall–Kier alpha value is -3.78. The largest absolute Gasteiger partial charge is 0.439 e. The molecule has 0 fully saturated rings. The number of nitrogens with zero attached hydrogens (tertiary/aromatic N) is 2. The summed E-state index contributed by atoms with van der Waals surface area (Å²) < 4.78 is 20.9. The van der Waals surface area contributed by atoms with Crippen LogP contribution in [0.3, 0.4) is 0 Å². The molecule has 0 unspecified atom stereocenters. The number of halogens is 1. The summed E-state index contributed by atoms with van der Waals surface area (Å²) in [5.41, 5.74) is 1.74. The number of H-pyrrole nitrogens is 1. The lowest BCUT2D eigenvalue weighted by Crippen LogP contribution is -2.25. The Bertz CT molecular complexity index is 1220. The SMILES string of the molecule is O=C(NCc1ccnc(Oc2ccccc2)c1)c1c[nH]c(=S)n1-c1ccc(F)cc1. The van der Waals surface area contributed by atoms with Gasteiger partial charge in [-0.25, -0.2) is 9.37 Å². The number of aromatic nitrogens is 3. The Morgan fingerprint density at radius 2 is 1.90 bits per heavy atom. The van der Waals surface area contributed by atoms with E-state index in [-0.39, 0.29) is 18.3 Å². The van der Waals surface area contributed by atoms with E-state index in [1.165, 1.54) is 18.3 Å². The number of carbonyl (C=O) groups excluding carboxylic acids is 1. The first-order valence-electron chi connectivity index (χ1n) is 9.12. The van der Waals surface area contributed by atoms with Crippen LogP contribution in [0, 0.1) is 10.6 Å². The van der Waals surface area contributed by atoms with E-state index in [4.69, 9.17) is 17.0 Å². The maximum absolute atomic E-state index is 13.2. The Morgan fingerprint density at radius 1 is 1.13 bits per heavy atom. The van der Waals surface area contributed by atoms with Gasteiger partial charge in [0.05, 0.1) is 0 Å². The van der Waals surface area contributed by atoms with Gasteiger partial charge in [-0.15, -0.1) is 0 Å². The minimum absolute atomic E-state index is 0.272. The molecule has 2 heterocycles. The van der Waals surface area contributed by atoms with Gasteiger partial charge in [-0.3, -0.25) is 9.36 Å². The van der Waals surface area contributed by atoms with E-state index in [9.17, 15) is 9.18 Å². The first kappa shape index (κ1) is 19.5. The van der Waals surface area contributed by atoms with Crippen molar-refractivity contribution in [3.05, 3.63) is 101 Å². The highest BCUT2D eigenvalue weighted by Crippen LogP contribution is 2.19. The minimum Gasteiger partial charge on any atom is -0.439 e. The van der Waals surface area contributed by atoms with Crippen LogP contribution in [0.15, 0.2) is 79.1 Å². The van der Waals surface area contributed by atoms with Crippen LogP contribution in [0.4, 0.5) is 4.39 Å². The Kier molecular flexibility index (Phi) is 5.67. The highest BCUT2D eigenvalue weighted by atomic mass is 32.1. The van der Waals surface area contributed by atoms with Gasteiger partial charge < -0.3 is 15.0 Å². The van der Waals surface area contributed by atoms with Crippen LogP contribution in [0.1, 0.15) is 16.1 Å². The predicted molar refractivity (Wildman–Crippen MR) is 113 cm³/mol. The van der Waals surface area contributed by atoms with E-state index in [1.54, 1.807) is 35.0 Å². The summed E-state index contributed by atoms with van der Waals surface area (Å²) in [6, 6.07) is 18.6. The molecule has 4 aromatic rings. The number of para-hydroxylation sites is 1. The van der Waals surface area contributed by atoms with E-state index in [1.807, 2.05) is 30.3 Å². The molecule has 0 aliphatic heterocycles. The van der Waals surface area contributed by atoms with E-state index in [2.05, 4.69) is 15.3 Å². The number of imidazole rings is 1. The van der Waals surface area contributed by atoms with Crippen molar-refractivity contribution in [1.29, 1.82) is 0 Å². The van der Waals surface area contributed by atoms with Gasteiger partial charge in [0.2, 0.25) is 5.88 Å². The lowest BCUT2D eigenvalue weighted by Gasteiger charge is -2.10. The van der Waals surface area contributed by atoms with E-state index in [0.29, 0.717) is 27.8 Å². The fourth-order valence-corrected chi connectivity index (χ4v) is 3.14. The van der Waals surface area contributed by atoms with Crippen LogP contribution in [0.25, 0.3) is 5.69 Å². The molecule has 6 nitrogen and oxygen atoms in total. The number of aromatic amines is 1. The van der Waals surface area contributed by atoms with Gasteiger partial charge in [-0.1, -0.05) is 18.2 Å². The van der Waals surface area contributed by atoms with Gasteiger partial charge in [-0.2, -0.15) is 0 Å². The van der Waals surface area contributed by atoms with Crippen LogP contribution < -0.4 is 10.1 Å². The molecular weight excluding hydrogens is 403 g/mol. The fraction of sp³-hybridized carbons (Fsp3) is 0.0455. The van der Waals surface area contributed by atoms with Crippen molar-refractivity contribution >= 4 is 18.1 Å². The standard InChI is InChI=1S/C22H17FN4O2S/c23-16-6-8-17(9-7-16)27-19(14-26-22(27)30)21(28)25-13-15-10-11-24-20(12-15)29-18-4-2-1-3-5-18/h1-12,14H,13H2,(H,25,28)(H,26,30). The number of pyridine rings is 1. The van der Waals surface area contributed by atoms with Gasteiger partial charge in [0.25, 0.3) is 5.91 Å². The molecule has 0 aliphatic carbocycles. The molecule has 2 aromatic heterocycles. The van der Waals surface area contributed by atoms with Crippen molar-refractivity contribution in [2.24, 2.45) is 0 Å². The summed E-state index contributed by atoms with van der Waals surface area (Å²) in [5.74, 6) is 0.424. The van der Waals surface area contributed by atoms with Crippen molar-refractivity contribution in [2.45, 2.75) is 6.54 Å². The van der Waals surface area contributed by atoms with Crippen LogP contribution in [-0.2, 0) is 6.54 Å². The second-order valence-corrected chi connectivity index (χ2v) is 6.78. The number of benzene rings is 2. The normalized spacial score (nSPS) is 10.6. The second-order valence-electron chi connectivity index (χ2n) is 6.39. The summed E-state index contributed by atoms with van der Waals surface area (Å²) in [7, 11) is 0. The van der Waals surface area contributed by atoms with Crippen molar-refractivity contribution < 1.29 is 13.9 Å². The molecular formula is C22H17FN4O2S. The first-order chi connectivity index (χ1) is 14.6. The summed E-state index contributed by atoms with van der Waals surface area (Å²) in [6.45, 7) is 0.272. The van der Waals surface area contributed by atoms with Gasteiger partial charge >= 0.3 is 0 Å². The molecule has 2 aromatic carbocycles. The van der Waals surface area contributed by atoms with Gasteiger partial charge in [0, 0.05) is 30.7 Å². The molecule has 2 N–H and O–H groups in total. The molecule has 0 saturated carbocycles. The van der Waals surface area contributed by atoms with Crippen molar-refractivity contribution in [3.8, 4) is 17.3 Å². The van der Waals surface area contributed by atoms with E-state index in [0.717, 1.165) is 5.56 Å². The van der Waals surface area contributed by atoms with E-state index >= 15 is 0 Å². The third-order valence-electron chi connectivity index (χ3n) is 4.31. The highest BCUT2D eigenvalue weighted by molar-refractivity contribution is 7.71. The minimum atomic E-state index is -0.363. The molecule has 8 heteroatoms. The van der Waals surface area contributed by atoms with Crippen molar-refractivity contribution in [2.75, 3.05) is 0 Å². The van der Waals surface area contributed by atoms with Gasteiger partial charge in [0.1, 0.15) is 17.3 Å². The molecule has 0 radical (unpaired) electrons. The molecule has 150 valence electrons. The number of nitrogens with one attached hydrogen (secondary N) is 2. The molecule has 1 amide bonds. The summed E-state index contributed by atoms with van der Waals surface area (Å²) in [5, 5.41) is 2.86. The molecule has 0 spiro atoms. The summed E-state index contributed by atoms with van der Waals surface area (Å²) in [6.07, 6.45) is 3.15. The van der Waals surface area contributed by atoms with Crippen LogP contribution in [0.5, 0.6) is 11.6 Å². The lowest BCUT2D eigenvalue weighted by atomic mass is 10.2. The molecule has 30 heavy (non-hydrogen) atoms. The van der Waals surface area contributed by atoms with E-state index < -0.39 is 0 Å². The zero-order valence-electron chi connectivity index (χ0n) is 15.7. The molecule has 0 saturated heterocycles. The van der Waals surface area contributed by atoms with Crippen molar-refractivity contribution in [1.82, 2.24) is 19.9 Å². The number of ether oxygens (including phenoxy) is 1. The zero-order valence-corrected chi connectivity index (χ0v) is 16.5. The number of hydrogen-bond donors (Lipinski definition) is 2. The first-order valence-corrected chi connectivity index (χ1v) is 9.53. The molecule has 0 bridgehead atoms. The van der Waals surface area contributed by atoms with Crippen molar-refractivity contribution in [3.63, 3.8) is 0 Å². The average molecular weight is 420 g/mol. The quantitative estimate of drug-likeness (QED) is 0.440. The number of amides is 1. The smallest absolute Gasteiger partial charge is 0.270 e. The predicted octanol–water partition coefficient (Wildman–Crippen LogP) is 4.79. The summed E-state index contributed by atoms with van der Waals surface area (Å²) in [4.78, 5) is 19.8. The Balaban J connectivity index is 1.48. The third kappa shape index (κ3) is 4.44. The van der Waals surface area contributed by atoms with Gasteiger partial charge in [-0.05, 0) is 60.2 Å². The number of rotatable bonds is 6.